The Hall–Kier alpha value is 0.120. The van der Waals surface area contributed by atoms with E-state index >= 15 is 0 Å². The largest absolute Gasteiger partial charge is 0.328 e. The van der Waals surface area contributed by atoms with Gasteiger partial charge in [-0.15, -0.1) is 0 Å². The van der Waals surface area contributed by atoms with Crippen LogP contribution in [-0.4, -0.2) is 56.9 Å². The van der Waals surface area contributed by atoms with E-state index < -0.39 is 10.1 Å². The minimum Gasteiger partial charge on any atom is -0.328 e. The fourth-order valence-corrected chi connectivity index (χ4v) is 1.99. The molecular formula is C8H20ClN2O3S+. The summed E-state index contributed by atoms with van der Waals surface area (Å²) < 4.78 is 30.3. The molecule has 2 N–H and O–H groups in total. The highest BCUT2D eigenvalue weighted by molar-refractivity contribution is 7.85. The fourth-order valence-electron chi connectivity index (χ4n) is 1.36. The molecule has 0 spiro atoms. The van der Waals surface area contributed by atoms with Crippen LogP contribution in [0, 0.1) is 0 Å². The third kappa shape index (κ3) is 10.4. The van der Waals surface area contributed by atoms with E-state index in [0.717, 1.165) is 30.5 Å². The van der Waals surface area contributed by atoms with Crippen molar-refractivity contribution in [2.75, 3.05) is 39.5 Å². The summed E-state index contributed by atoms with van der Waals surface area (Å²) in [5.74, 6) is -0.164. The van der Waals surface area contributed by atoms with Crippen molar-refractivity contribution < 1.29 is 17.5 Å². The Morgan fingerprint density at radius 2 is 1.80 bits per heavy atom. The highest BCUT2D eigenvalue weighted by Crippen LogP contribution is 2.02. The van der Waals surface area contributed by atoms with E-state index in [9.17, 15) is 8.42 Å². The number of hydrogen-bond donors (Lipinski definition) is 2. The van der Waals surface area contributed by atoms with Gasteiger partial charge < -0.3 is 4.48 Å². The molecule has 0 aromatic heterocycles. The second-order valence-corrected chi connectivity index (χ2v) is 6.10. The average Bonchev–Trinajstić information content (AvgIpc) is 2.01. The van der Waals surface area contributed by atoms with Gasteiger partial charge in [0.15, 0.2) is 0 Å². The molecule has 7 heteroatoms. The maximum atomic E-state index is 10.5. The van der Waals surface area contributed by atoms with Gasteiger partial charge in [-0.3, -0.25) is 4.55 Å². The molecule has 0 atom stereocenters. The molecule has 0 aliphatic rings. The number of hydrogen-bond acceptors (Lipinski definition) is 3. The summed E-state index contributed by atoms with van der Waals surface area (Å²) in [6.07, 6.45) is 1.41. The van der Waals surface area contributed by atoms with Crippen LogP contribution in [0.25, 0.3) is 0 Å². The molecule has 0 bridgehead atoms. The van der Waals surface area contributed by atoms with Gasteiger partial charge in [-0.05, 0) is 11.8 Å². The van der Waals surface area contributed by atoms with Gasteiger partial charge in [0.1, 0.15) is 0 Å². The number of quaternary nitrogens is 1. The maximum Gasteiger partial charge on any atom is 0.265 e. The Balaban J connectivity index is 3.73. The van der Waals surface area contributed by atoms with Crippen molar-refractivity contribution in [1.29, 1.82) is 0 Å². The molecule has 92 valence electrons. The zero-order chi connectivity index (χ0) is 11.9. The van der Waals surface area contributed by atoms with E-state index in [2.05, 4.69) is 4.84 Å². The second-order valence-electron chi connectivity index (χ2n) is 4.26. The first-order valence-electron chi connectivity index (χ1n) is 4.87. The molecule has 0 radical (unpaired) electrons. The Labute approximate surface area is 96.9 Å². The zero-order valence-corrected chi connectivity index (χ0v) is 10.8. The van der Waals surface area contributed by atoms with Gasteiger partial charge in [0, 0.05) is 19.4 Å². The predicted molar refractivity (Wildman–Crippen MR) is 61.3 cm³/mol. The molecule has 0 aromatic rings. The third-order valence-corrected chi connectivity index (χ3v) is 3.19. The summed E-state index contributed by atoms with van der Waals surface area (Å²) >= 11 is 5.33. The van der Waals surface area contributed by atoms with Crippen molar-refractivity contribution in [3.63, 3.8) is 0 Å². The minimum atomic E-state index is -3.82. The van der Waals surface area contributed by atoms with Crippen molar-refractivity contribution in [1.82, 2.24) is 4.84 Å². The highest BCUT2D eigenvalue weighted by atomic mass is 35.5. The maximum absolute atomic E-state index is 10.5. The van der Waals surface area contributed by atoms with Gasteiger partial charge in [0.2, 0.25) is 0 Å². The molecule has 0 aliphatic heterocycles. The number of nitrogens with zero attached hydrogens (tertiary/aromatic N) is 1. The van der Waals surface area contributed by atoms with Crippen LogP contribution in [-0.2, 0) is 10.1 Å². The Kier molecular flexibility index (Phi) is 6.70. The summed E-state index contributed by atoms with van der Waals surface area (Å²) in [5, 5.41) is 0. The topological polar surface area (TPSA) is 66.4 Å². The van der Waals surface area contributed by atoms with Crippen LogP contribution in [0.2, 0.25) is 0 Å². The summed E-state index contributed by atoms with van der Waals surface area (Å²) in [5.41, 5.74) is 0. The van der Waals surface area contributed by atoms with Crippen LogP contribution in [0.3, 0.4) is 0 Å². The second kappa shape index (κ2) is 6.65. The molecular weight excluding hydrogens is 240 g/mol. The molecule has 0 saturated carbocycles. The van der Waals surface area contributed by atoms with E-state index in [-0.39, 0.29) is 5.75 Å². The Bertz CT molecular complexity index is 267. The zero-order valence-electron chi connectivity index (χ0n) is 9.24. The lowest BCUT2D eigenvalue weighted by atomic mass is 10.3. The highest BCUT2D eigenvalue weighted by Gasteiger charge is 2.15. The Morgan fingerprint density at radius 3 is 2.27 bits per heavy atom. The summed E-state index contributed by atoms with van der Waals surface area (Å²) in [6.45, 7) is 2.38. The van der Waals surface area contributed by atoms with Gasteiger partial charge in [-0.1, -0.05) is 0 Å². The Morgan fingerprint density at radius 1 is 1.27 bits per heavy atom. The van der Waals surface area contributed by atoms with Crippen LogP contribution in [0.15, 0.2) is 0 Å². The summed E-state index contributed by atoms with van der Waals surface area (Å²) in [4.78, 5) is 2.55. The first-order chi connectivity index (χ1) is 6.77. The van der Waals surface area contributed by atoms with Gasteiger partial charge >= 0.3 is 0 Å². The quantitative estimate of drug-likeness (QED) is 0.288. The summed E-state index contributed by atoms with van der Waals surface area (Å²) in [7, 11) is 0.237. The lowest BCUT2D eigenvalue weighted by Gasteiger charge is -2.29. The fraction of sp³-hybridized carbons (Fsp3) is 1.00. The molecule has 0 amide bonds. The van der Waals surface area contributed by atoms with Crippen molar-refractivity contribution in [3.05, 3.63) is 0 Å². The molecule has 0 unspecified atom stereocenters. The monoisotopic (exact) mass is 259 g/mol. The normalized spacial score (nSPS) is 13.1. The minimum absolute atomic E-state index is 0.164. The SMILES string of the molecule is C[N+](C)(CCCNCl)CCCS(=O)(=O)O. The third-order valence-electron chi connectivity index (χ3n) is 2.20. The first kappa shape index (κ1) is 15.1. The van der Waals surface area contributed by atoms with Crippen molar-refractivity contribution in [2.24, 2.45) is 0 Å². The van der Waals surface area contributed by atoms with Crippen LogP contribution in [0.4, 0.5) is 0 Å². The molecule has 0 fully saturated rings. The van der Waals surface area contributed by atoms with Crippen molar-refractivity contribution in [2.45, 2.75) is 12.8 Å². The van der Waals surface area contributed by atoms with E-state index in [1.54, 1.807) is 0 Å². The van der Waals surface area contributed by atoms with Gasteiger partial charge in [0.25, 0.3) is 10.1 Å². The smallest absolute Gasteiger partial charge is 0.265 e. The predicted octanol–water partition coefficient (Wildman–Crippen LogP) is 0.474. The van der Waals surface area contributed by atoms with Crippen LogP contribution >= 0.6 is 11.8 Å². The number of nitrogens with one attached hydrogen (secondary N) is 1. The standard InChI is InChI=1S/C8H19ClN2O3S/c1-11(2,6-3-5-10-9)7-4-8-15(12,13)14/h10H,3-8H2,1-2H3/p+1. The molecule has 0 saturated heterocycles. The molecule has 0 rings (SSSR count). The van der Waals surface area contributed by atoms with Gasteiger partial charge in [0.05, 0.1) is 32.9 Å². The van der Waals surface area contributed by atoms with Crippen LogP contribution in [0.5, 0.6) is 0 Å². The molecule has 0 aromatic carbocycles. The van der Waals surface area contributed by atoms with E-state index in [1.165, 1.54) is 0 Å². The average molecular weight is 260 g/mol. The van der Waals surface area contributed by atoms with Crippen LogP contribution in [0.1, 0.15) is 12.8 Å². The van der Waals surface area contributed by atoms with Gasteiger partial charge in [-0.25, -0.2) is 4.84 Å². The van der Waals surface area contributed by atoms with Crippen molar-refractivity contribution >= 4 is 21.9 Å². The van der Waals surface area contributed by atoms with Gasteiger partial charge in [-0.2, -0.15) is 8.42 Å². The number of halogens is 1. The molecule has 0 aliphatic carbocycles. The van der Waals surface area contributed by atoms with E-state index in [4.69, 9.17) is 16.3 Å². The van der Waals surface area contributed by atoms with E-state index in [1.807, 2.05) is 14.1 Å². The first-order valence-corrected chi connectivity index (χ1v) is 6.86. The van der Waals surface area contributed by atoms with Crippen LogP contribution < -0.4 is 4.84 Å². The lowest BCUT2D eigenvalue weighted by Crippen LogP contribution is -2.42. The molecule has 5 nitrogen and oxygen atoms in total. The summed E-state index contributed by atoms with van der Waals surface area (Å²) in [6, 6.07) is 0. The van der Waals surface area contributed by atoms with E-state index in [0.29, 0.717) is 6.42 Å². The van der Waals surface area contributed by atoms with Crippen molar-refractivity contribution in [3.8, 4) is 0 Å². The lowest BCUT2D eigenvalue weighted by molar-refractivity contribution is -0.890. The molecule has 15 heavy (non-hydrogen) atoms. The molecule has 0 heterocycles. The number of rotatable bonds is 8.